The maximum atomic E-state index is 6.25. The van der Waals surface area contributed by atoms with Crippen LogP contribution >= 0.6 is 0 Å². The Kier molecular flexibility index (Phi) is 5.23. The molecule has 4 nitrogen and oxygen atoms in total. The maximum Gasteiger partial charge on any atom is 0.217 e. The van der Waals surface area contributed by atoms with E-state index in [1.807, 2.05) is 43.3 Å². The van der Waals surface area contributed by atoms with Crippen LogP contribution in [0, 0.1) is 12.8 Å². The first-order chi connectivity index (χ1) is 11.3. The predicted octanol–water partition coefficient (Wildman–Crippen LogP) is 3.61. The van der Waals surface area contributed by atoms with Crippen LogP contribution in [0.15, 0.2) is 36.4 Å². The van der Waals surface area contributed by atoms with E-state index in [9.17, 15) is 0 Å². The topological polar surface area (TPSA) is 47.0 Å². The average Bonchev–Trinajstić information content (AvgIpc) is 2.61. The summed E-state index contributed by atoms with van der Waals surface area (Å²) in [5.41, 5.74) is 1.96. The van der Waals surface area contributed by atoms with Gasteiger partial charge in [-0.2, -0.15) is 4.98 Å². The minimum atomic E-state index is 0.209. The standard InChI is InChI=1S/C19H25N3O/c1-3-17(16-10-7-11-20-13-16)23-18-12-14(2)21-19(22-18)15-8-5-4-6-9-15/h4-6,8-9,12,16-17,20H,3,7,10-11,13H2,1-2H3. The lowest BCUT2D eigenvalue weighted by Crippen LogP contribution is -2.39. The first-order valence-corrected chi connectivity index (χ1v) is 8.54. The summed E-state index contributed by atoms with van der Waals surface area (Å²) < 4.78 is 6.25. The summed E-state index contributed by atoms with van der Waals surface area (Å²) >= 11 is 0. The minimum absolute atomic E-state index is 0.209. The summed E-state index contributed by atoms with van der Waals surface area (Å²) in [6, 6.07) is 12.0. The number of piperidine rings is 1. The van der Waals surface area contributed by atoms with Gasteiger partial charge in [-0.05, 0) is 32.7 Å². The Hall–Kier alpha value is -1.94. The summed E-state index contributed by atoms with van der Waals surface area (Å²) in [6.45, 7) is 6.33. The van der Waals surface area contributed by atoms with Crippen molar-refractivity contribution in [3.8, 4) is 17.3 Å². The van der Waals surface area contributed by atoms with Gasteiger partial charge in [0.1, 0.15) is 6.10 Å². The maximum absolute atomic E-state index is 6.25. The molecule has 0 amide bonds. The third-order valence-electron chi connectivity index (χ3n) is 4.40. The van der Waals surface area contributed by atoms with E-state index in [4.69, 9.17) is 4.74 Å². The molecule has 2 heterocycles. The van der Waals surface area contributed by atoms with Gasteiger partial charge in [-0.15, -0.1) is 0 Å². The number of ether oxygens (including phenoxy) is 1. The normalized spacial score (nSPS) is 19.3. The second-order valence-corrected chi connectivity index (χ2v) is 6.21. The molecule has 1 aromatic heterocycles. The molecular weight excluding hydrogens is 286 g/mol. The van der Waals surface area contributed by atoms with Crippen molar-refractivity contribution >= 4 is 0 Å². The second-order valence-electron chi connectivity index (χ2n) is 6.21. The van der Waals surface area contributed by atoms with Gasteiger partial charge in [-0.25, -0.2) is 4.98 Å². The van der Waals surface area contributed by atoms with Gasteiger partial charge in [0, 0.05) is 29.8 Å². The SMILES string of the molecule is CCC(Oc1cc(C)nc(-c2ccccc2)n1)C1CCCNC1. The second kappa shape index (κ2) is 7.55. The van der Waals surface area contributed by atoms with Crippen molar-refractivity contribution < 1.29 is 4.74 Å². The lowest BCUT2D eigenvalue weighted by molar-refractivity contribution is 0.106. The van der Waals surface area contributed by atoms with Crippen LogP contribution in [0.2, 0.25) is 0 Å². The van der Waals surface area contributed by atoms with E-state index in [1.54, 1.807) is 0 Å². The highest BCUT2D eigenvalue weighted by Gasteiger charge is 2.24. The molecule has 2 unspecified atom stereocenters. The molecule has 1 aliphatic rings. The van der Waals surface area contributed by atoms with E-state index in [-0.39, 0.29) is 6.10 Å². The Morgan fingerprint density at radius 3 is 2.78 bits per heavy atom. The molecule has 0 saturated carbocycles. The van der Waals surface area contributed by atoms with Crippen molar-refractivity contribution in [2.45, 2.75) is 39.2 Å². The quantitative estimate of drug-likeness (QED) is 0.916. The number of nitrogens with one attached hydrogen (secondary N) is 1. The zero-order valence-electron chi connectivity index (χ0n) is 14.0. The van der Waals surface area contributed by atoms with Gasteiger partial charge in [-0.3, -0.25) is 0 Å². The lowest BCUT2D eigenvalue weighted by Gasteiger charge is -2.30. The van der Waals surface area contributed by atoms with Gasteiger partial charge in [0.15, 0.2) is 5.82 Å². The van der Waals surface area contributed by atoms with Gasteiger partial charge < -0.3 is 10.1 Å². The van der Waals surface area contributed by atoms with Crippen molar-refractivity contribution in [2.75, 3.05) is 13.1 Å². The molecule has 0 radical (unpaired) electrons. The summed E-state index contributed by atoms with van der Waals surface area (Å²) in [4.78, 5) is 9.18. The molecule has 0 spiro atoms. The van der Waals surface area contributed by atoms with Crippen LogP contribution in [0.25, 0.3) is 11.4 Å². The van der Waals surface area contributed by atoms with Gasteiger partial charge in [-0.1, -0.05) is 37.3 Å². The smallest absolute Gasteiger partial charge is 0.217 e. The number of nitrogens with zero attached hydrogens (tertiary/aromatic N) is 2. The highest BCUT2D eigenvalue weighted by molar-refractivity contribution is 5.55. The van der Waals surface area contributed by atoms with Gasteiger partial charge in [0.05, 0.1) is 0 Å². The first-order valence-electron chi connectivity index (χ1n) is 8.54. The number of hydrogen-bond acceptors (Lipinski definition) is 4. The van der Waals surface area contributed by atoms with Crippen LogP contribution in [-0.2, 0) is 0 Å². The molecule has 1 N–H and O–H groups in total. The van der Waals surface area contributed by atoms with Gasteiger partial charge in [0.25, 0.3) is 0 Å². The van der Waals surface area contributed by atoms with Gasteiger partial charge in [0.2, 0.25) is 5.88 Å². The van der Waals surface area contributed by atoms with E-state index in [1.165, 1.54) is 12.8 Å². The Bertz CT molecular complexity index is 624. The van der Waals surface area contributed by atoms with Crippen LogP contribution in [0.3, 0.4) is 0 Å². The highest BCUT2D eigenvalue weighted by Crippen LogP contribution is 2.24. The molecule has 0 aliphatic carbocycles. The fourth-order valence-corrected chi connectivity index (χ4v) is 3.18. The zero-order valence-corrected chi connectivity index (χ0v) is 14.0. The van der Waals surface area contributed by atoms with Gasteiger partial charge >= 0.3 is 0 Å². The first kappa shape index (κ1) is 15.9. The molecule has 1 aliphatic heterocycles. The van der Waals surface area contributed by atoms with Crippen molar-refractivity contribution in [3.05, 3.63) is 42.1 Å². The summed E-state index contributed by atoms with van der Waals surface area (Å²) in [5.74, 6) is 1.98. The van der Waals surface area contributed by atoms with Crippen LogP contribution in [0.1, 0.15) is 31.9 Å². The molecule has 4 heteroatoms. The summed E-state index contributed by atoms with van der Waals surface area (Å²) in [5, 5.41) is 3.47. The molecule has 122 valence electrons. The van der Waals surface area contributed by atoms with Crippen LogP contribution in [-0.4, -0.2) is 29.2 Å². The van der Waals surface area contributed by atoms with Crippen molar-refractivity contribution in [2.24, 2.45) is 5.92 Å². The molecule has 2 aromatic rings. The predicted molar refractivity (Wildman–Crippen MR) is 92.5 cm³/mol. The third-order valence-corrected chi connectivity index (χ3v) is 4.40. The molecule has 2 atom stereocenters. The van der Waals surface area contributed by atoms with Crippen molar-refractivity contribution in [1.82, 2.24) is 15.3 Å². The van der Waals surface area contributed by atoms with E-state index < -0.39 is 0 Å². The number of aryl methyl sites for hydroxylation is 1. The van der Waals surface area contributed by atoms with E-state index in [2.05, 4.69) is 22.2 Å². The van der Waals surface area contributed by atoms with Crippen molar-refractivity contribution in [3.63, 3.8) is 0 Å². The molecule has 1 saturated heterocycles. The number of aromatic nitrogens is 2. The third kappa shape index (κ3) is 4.08. The number of rotatable bonds is 5. The fraction of sp³-hybridized carbons (Fsp3) is 0.474. The molecule has 1 fully saturated rings. The average molecular weight is 311 g/mol. The molecular formula is C19H25N3O. The lowest BCUT2D eigenvalue weighted by atomic mass is 9.92. The Morgan fingerprint density at radius 1 is 1.26 bits per heavy atom. The highest BCUT2D eigenvalue weighted by atomic mass is 16.5. The Labute approximate surface area is 138 Å². The summed E-state index contributed by atoms with van der Waals surface area (Å²) in [6.07, 6.45) is 3.65. The Balaban J connectivity index is 1.80. The molecule has 1 aromatic carbocycles. The number of hydrogen-bond donors (Lipinski definition) is 1. The molecule has 0 bridgehead atoms. The molecule has 23 heavy (non-hydrogen) atoms. The largest absolute Gasteiger partial charge is 0.474 e. The van der Waals surface area contributed by atoms with E-state index in [0.717, 1.165) is 36.6 Å². The van der Waals surface area contributed by atoms with E-state index >= 15 is 0 Å². The Morgan fingerprint density at radius 2 is 2.09 bits per heavy atom. The fourth-order valence-electron chi connectivity index (χ4n) is 3.18. The van der Waals surface area contributed by atoms with Crippen LogP contribution in [0.5, 0.6) is 5.88 Å². The summed E-state index contributed by atoms with van der Waals surface area (Å²) in [7, 11) is 0. The van der Waals surface area contributed by atoms with Crippen molar-refractivity contribution in [1.29, 1.82) is 0 Å². The molecule has 3 rings (SSSR count). The zero-order chi connectivity index (χ0) is 16.1. The van der Waals surface area contributed by atoms with Crippen LogP contribution in [0.4, 0.5) is 0 Å². The van der Waals surface area contributed by atoms with E-state index in [0.29, 0.717) is 11.8 Å². The van der Waals surface area contributed by atoms with Crippen LogP contribution < -0.4 is 10.1 Å². The number of benzene rings is 1. The monoisotopic (exact) mass is 311 g/mol. The minimum Gasteiger partial charge on any atom is -0.474 e.